The highest BCUT2D eigenvalue weighted by atomic mass is 16.5. The number of aryl methyl sites for hydroxylation is 2. The van der Waals surface area contributed by atoms with Crippen molar-refractivity contribution in [2.75, 3.05) is 19.7 Å². The molecule has 0 spiro atoms. The molecule has 3 heteroatoms. The number of hydrogen-bond donors (Lipinski definition) is 1. The van der Waals surface area contributed by atoms with Crippen LogP contribution in [0.25, 0.3) is 0 Å². The van der Waals surface area contributed by atoms with Crippen LogP contribution in [-0.2, 0) is 22.4 Å². The predicted molar refractivity (Wildman–Crippen MR) is 96.2 cm³/mol. The van der Waals surface area contributed by atoms with Gasteiger partial charge in [0, 0.05) is 25.9 Å². The number of morpholine rings is 1. The number of ether oxygens (including phenoxy) is 1. The van der Waals surface area contributed by atoms with Crippen LogP contribution in [0, 0.1) is 6.92 Å². The minimum atomic E-state index is 0.130. The first-order valence-electron chi connectivity index (χ1n) is 8.69. The molecule has 0 saturated carbocycles. The van der Waals surface area contributed by atoms with Crippen molar-refractivity contribution in [1.29, 1.82) is 0 Å². The molecule has 0 aromatic heterocycles. The van der Waals surface area contributed by atoms with Crippen LogP contribution in [0.4, 0.5) is 0 Å². The smallest absolute Gasteiger partial charge is 0.137 e. The first-order valence-corrected chi connectivity index (χ1v) is 8.69. The monoisotopic (exact) mass is 323 g/mol. The normalized spacial score (nSPS) is 17.6. The van der Waals surface area contributed by atoms with Crippen molar-refractivity contribution in [2.45, 2.75) is 32.3 Å². The molecule has 1 aliphatic rings. The van der Waals surface area contributed by atoms with Crippen molar-refractivity contribution in [3.63, 3.8) is 0 Å². The van der Waals surface area contributed by atoms with Gasteiger partial charge >= 0.3 is 0 Å². The third-order valence-corrected chi connectivity index (χ3v) is 4.49. The van der Waals surface area contributed by atoms with E-state index in [1.54, 1.807) is 0 Å². The van der Waals surface area contributed by atoms with Crippen molar-refractivity contribution in [1.82, 2.24) is 5.32 Å². The molecule has 2 aromatic rings. The van der Waals surface area contributed by atoms with Gasteiger partial charge in [-0.25, -0.2) is 0 Å². The lowest BCUT2D eigenvalue weighted by molar-refractivity contribution is -0.118. The van der Waals surface area contributed by atoms with Gasteiger partial charge < -0.3 is 10.1 Å². The second-order valence-electron chi connectivity index (χ2n) is 6.51. The van der Waals surface area contributed by atoms with Crippen LogP contribution in [0.3, 0.4) is 0 Å². The van der Waals surface area contributed by atoms with Gasteiger partial charge in [0.2, 0.25) is 0 Å². The Bertz CT molecular complexity index is 655. The number of benzene rings is 2. The lowest BCUT2D eigenvalue weighted by Crippen LogP contribution is -2.33. The number of Topliss-reactive ketones (excluding diaryl/α,β-unsaturated/α-hetero) is 1. The summed E-state index contributed by atoms with van der Waals surface area (Å²) < 4.78 is 5.75. The van der Waals surface area contributed by atoms with Crippen LogP contribution >= 0.6 is 0 Å². The maximum absolute atomic E-state index is 12.2. The predicted octanol–water partition coefficient (Wildman–Crippen LogP) is 3.40. The van der Waals surface area contributed by atoms with Crippen LogP contribution in [0.1, 0.15) is 34.8 Å². The Labute approximate surface area is 144 Å². The van der Waals surface area contributed by atoms with Crippen molar-refractivity contribution < 1.29 is 9.53 Å². The summed E-state index contributed by atoms with van der Waals surface area (Å²) in [5.41, 5.74) is 4.74. The van der Waals surface area contributed by atoms with Gasteiger partial charge in [0.1, 0.15) is 5.78 Å². The summed E-state index contributed by atoms with van der Waals surface area (Å²) in [6, 6.07) is 16.7. The fourth-order valence-corrected chi connectivity index (χ4v) is 2.98. The van der Waals surface area contributed by atoms with Crippen LogP contribution in [0.15, 0.2) is 48.5 Å². The number of rotatable bonds is 6. The second-order valence-corrected chi connectivity index (χ2v) is 6.51. The summed E-state index contributed by atoms with van der Waals surface area (Å²) in [4.78, 5) is 12.2. The second kappa shape index (κ2) is 8.22. The highest BCUT2D eigenvalue weighted by Gasteiger charge is 2.15. The molecule has 24 heavy (non-hydrogen) atoms. The molecule has 0 aliphatic carbocycles. The summed E-state index contributed by atoms with van der Waals surface area (Å²) in [7, 11) is 0. The number of ketones is 1. The lowest BCUT2D eigenvalue weighted by Gasteiger charge is -2.24. The van der Waals surface area contributed by atoms with Gasteiger partial charge in [-0.15, -0.1) is 0 Å². The third-order valence-electron chi connectivity index (χ3n) is 4.49. The van der Waals surface area contributed by atoms with Gasteiger partial charge in [-0.1, -0.05) is 54.1 Å². The van der Waals surface area contributed by atoms with E-state index < -0.39 is 0 Å². The van der Waals surface area contributed by atoms with Gasteiger partial charge in [0.25, 0.3) is 0 Å². The molecule has 3 nitrogen and oxygen atoms in total. The Morgan fingerprint density at radius 1 is 1.08 bits per heavy atom. The number of hydrogen-bond acceptors (Lipinski definition) is 3. The molecule has 0 radical (unpaired) electrons. The van der Waals surface area contributed by atoms with E-state index in [4.69, 9.17) is 4.74 Å². The highest BCUT2D eigenvalue weighted by Crippen LogP contribution is 2.19. The third kappa shape index (κ3) is 4.76. The average molecular weight is 323 g/mol. The molecule has 0 amide bonds. The molecular weight excluding hydrogens is 298 g/mol. The zero-order chi connectivity index (χ0) is 16.8. The topological polar surface area (TPSA) is 38.3 Å². The number of carbonyl (C=O) groups is 1. The SMILES string of the molecule is Cc1ccc(CCC(=O)Cc2ccc(C3CNCCO3)cc2)cc1. The summed E-state index contributed by atoms with van der Waals surface area (Å²) in [5.74, 6) is 0.291. The quantitative estimate of drug-likeness (QED) is 0.885. The average Bonchev–Trinajstić information content (AvgIpc) is 2.63. The zero-order valence-corrected chi connectivity index (χ0v) is 14.3. The molecule has 0 bridgehead atoms. The van der Waals surface area contributed by atoms with E-state index >= 15 is 0 Å². The first-order chi connectivity index (χ1) is 11.7. The maximum atomic E-state index is 12.2. The van der Waals surface area contributed by atoms with Crippen LogP contribution in [0.5, 0.6) is 0 Å². The van der Waals surface area contributed by atoms with E-state index in [-0.39, 0.29) is 6.10 Å². The minimum Gasteiger partial charge on any atom is -0.371 e. The van der Waals surface area contributed by atoms with E-state index in [2.05, 4.69) is 60.8 Å². The first kappa shape index (κ1) is 16.9. The van der Waals surface area contributed by atoms with Gasteiger partial charge in [-0.3, -0.25) is 4.79 Å². The molecule has 1 fully saturated rings. The standard InChI is InChI=1S/C21H25NO2/c1-16-2-4-17(5-3-16)8-11-20(23)14-18-6-9-19(10-7-18)21-15-22-12-13-24-21/h2-7,9-10,21-22H,8,11-15H2,1H3. The molecule has 1 saturated heterocycles. The Morgan fingerprint density at radius 3 is 2.46 bits per heavy atom. The molecule has 2 aromatic carbocycles. The van der Waals surface area contributed by atoms with E-state index in [1.165, 1.54) is 16.7 Å². The Morgan fingerprint density at radius 2 is 1.79 bits per heavy atom. The Kier molecular flexibility index (Phi) is 5.78. The highest BCUT2D eigenvalue weighted by molar-refractivity contribution is 5.81. The fourth-order valence-electron chi connectivity index (χ4n) is 2.98. The van der Waals surface area contributed by atoms with Gasteiger partial charge in [0.15, 0.2) is 0 Å². The molecule has 1 atom stereocenters. The van der Waals surface area contributed by atoms with Gasteiger partial charge in [-0.05, 0) is 30.0 Å². The molecular formula is C21H25NO2. The van der Waals surface area contributed by atoms with E-state index in [0.29, 0.717) is 18.6 Å². The molecule has 1 heterocycles. The zero-order valence-electron chi connectivity index (χ0n) is 14.3. The Hall–Kier alpha value is -1.97. The maximum Gasteiger partial charge on any atom is 0.137 e. The molecule has 3 rings (SSSR count). The van der Waals surface area contributed by atoms with Crippen molar-refractivity contribution in [3.05, 3.63) is 70.8 Å². The molecule has 126 valence electrons. The van der Waals surface area contributed by atoms with Crippen molar-refractivity contribution in [2.24, 2.45) is 0 Å². The van der Waals surface area contributed by atoms with Crippen molar-refractivity contribution >= 4 is 5.78 Å². The number of nitrogens with one attached hydrogen (secondary N) is 1. The largest absolute Gasteiger partial charge is 0.371 e. The Balaban J connectivity index is 1.49. The van der Waals surface area contributed by atoms with E-state index in [9.17, 15) is 4.79 Å². The fraction of sp³-hybridized carbons (Fsp3) is 0.381. The molecule has 1 unspecified atom stereocenters. The summed E-state index contributed by atoms with van der Waals surface area (Å²) in [6.07, 6.45) is 2.06. The summed E-state index contributed by atoms with van der Waals surface area (Å²) in [5, 5.41) is 3.34. The van der Waals surface area contributed by atoms with E-state index in [1.807, 2.05) is 0 Å². The van der Waals surface area contributed by atoms with Crippen LogP contribution in [0.2, 0.25) is 0 Å². The van der Waals surface area contributed by atoms with E-state index in [0.717, 1.165) is 31.7 Å². The van der Waals surface area contributed by atoms with Gasteiger partial charge in [-0.2, -0.15) is 0 Å². The van der Waals surface area contributed by atoms with Crippen LogP contribution < -0.4 is 5.32 Å². The van der Waals surface area contributed by atoms with Crippen LogP contribution in [-0.4, -0.2) is 25.5 Å². The lowest BCUT2D eigenvalue weighted by atomic mass is 10.00. The molecule has 1 N–H and O–H groups in total. The summed E-state index contributed by atoms with van der Waals surface area (Å²) >= 11 is 0. The molecule has 1 aliphatic heterocycles. The van der Waals surface area contributed by atoms with Gasteiger partial charge in [0.05, 0.1) is 12.7 Å². The minimum absolute atomic E-state index is 0.130. The summed E-state index contributed by atoms with van der Waals surface area (Å²) in [6.45, 7) is 4.61. The van der Waals surface area contributed by atoms with Crippen molar-refractivity contribution in [3.8, 4) is 0 Å². The number of carbonyl (C=O) groups excluding carboxylic acids is 1.